The molecule has 3 aromatic heterocycles. The molecular formula is C24H29NO6. The molecule has 0 amide bonds. The number of pyridine rings is 1. The molecule has 0 aliphatic heterocycles. The summed E-state index contributed by atoms with van der Waals surface area (Å²) in [5.74, 6) is 0.329. The summed E-state index contributed by atoms with van der Waals surface area (Å²) < 4.78 is 21.2. The number of carbonyl (C=O) groups is 1. The molecule has 0 atom stereocenters. The van der Waals surface area contributed by atoms with Crippen molar-refractivity contribution < 1.29 is 23.1 Å². The number of unbranched alkanes of at least 4 members (excludes halogenated alkanes) is 6. The maximum Gasteiger partial charge on any atom is 0.344 e. The molecule has 0 fully saturated rings. The Hall–Kier alpha value is -3.09. The zero-order chi connectivity index (χ0) is 21.9. The number of rotatable bonds is 13. The van der Waals surface area contributed by atoms with Gasteiger partial charge >= 0.3 is 11.6 Å². The number of nitrogens with zero attached hydrogens (tertiary/aromatic N) is 1. The van der Waals surface area contributed by atoms with Gasteiger partial charge in [0, 0.05) is 29.6 Å². The fourth-order valence-electron chi connectivity index (χ4n) is 3.25. The Morgan fingerprint density at radius 3 is 2.48 bits per heavy atom. The number of hydrogen-bond acceptors (Lipinski definition) is 7. The Balaban J connectivity index is 1.34. The average molecular weight is 427 g/mol. The molecule has 0 spiro atoms. The van der Waals surface area contributed by atoms with Crippen molar-refractivity contribution in [3.05, 3.63) is 47.3 Å². The van der Waals surface area contributed by atoms with Crippen molar-refractivity contribution in [2.45, 2.75) is 58.3 Å². The lowest BCUT2D eigenvalue weighted by molar-refractivity contribution is -0.143. The monoisotopic (exact) mass is 427 g/mol. The third kappa shape index (κ3) is 6.98. The van der Waals surface area contributed by atoms with Gasteiger partial charge in [-0.05, 0) is 25.0 Å². The highest BCUT2D eigenvalue weighted by Crippen LogP contribution is 2.23. The lowest BCUT2D eigenvalue weighted by Crippen LogP contribution is -2.03. The van der Waals surface area contributed by atoms with Gasteiger partial charge in [0.05, 0.1) is 31.3 Å². The second-order valence-electron chi connectivity index (χ2n) is 7.42. The number of aromatic nitrogens is 1. The van der Waals surface area contributed by atoms with Crippen LogP contribution < -0.4 is 10.4 Å². The van der Waals surface area contributed by atoms with E-state index in [9.17, 15) is 9.59 Å². The van der Waals surface area contributed by atoms with Gasteiger partial charge in [-0.1, -0.05) is 39.0 Å². The fourth-order valence-corrected chi connectivity index (χ4v) is 3.25. The maximum absolute atomic E-state index is 12.2. The van der Waals surface area contributed by atoms with Gasteiger partial charge in [-0.25, -0.2) is 9.78 Å². The van der Waals surface area contributed by atoms with Crippen LogP contribution in [0, 0.1) is 0 Å². The summed E-state index contributed by atoms with van der Waals surface area (Å²) in [6, 6.07) is 5.12. The summed E-state index contributed by atoms with van der Waals surface area (Å²) in [4.78, 5) is 27.6. The zero-order valence-corrected chi connectivity index (χ0v) is 17.9. The number of esters is 1. The van der Waals surface area contributed by atoms with Crippen LogP contribution in [0.3, 0.4) is 0 Å². The van der Waals surface area contributed by atoms with E-state index in [4.69, 9.17) is 18.3 Å². The van der Waals surface area contributed by atoms with Crippen molar-refractivity contribution in [1.82, 2.24) is 4.98 Å². The number of carbonyl (C=O) groups excluding carboxylic acids is 1. The van der Waals surface area contributed by atoms with Gasteiger partial charge in [0.1, 0.15) is 5.58 Å². The van der Waals surface area contributed by atoms with E-state index in [0.29, 0.717) is 42.2 Å². The first kappa shape index (κ1) is 22.6. The van der Waals surface area contributed by atoms with Gasteiger partial charge in [-0.15, -0.1) is 0 Å². The summed E-state index contributed by atoms with van der Waals surface area (Å²) >= 11 is 0. The number of hydrogen-bond donors (Lipinski definition) is 0. The maximum atomic E-state index is 12.2. The SMILES string of the molecule is CCC(=O)OCCCCCCCCCOc1cc2oc(=O)c(-c3ccoc3)cc2cn1. The van der Waals surface area contributed by atoms with Crippen molar-refractivity contribution in [3.8, 4) is 17.0 Å². The van der Waals surface area contributed by atoms with Gasteiger partial charge in [-0.3, -0.25) is 4.79 Å². The molecule has 31 heavy (non-hydrogen) atoms. The van der Waals surface area contributed by atoms with Gasteiger partial charge in [0.25, 0.3) is 0 Å². The molecule has 7 nitrogen and oxygen atoms in total. The van der Waals surface area contributed by atoms with E-state index in [0.717, 1.165) is 43.9 Å². The highest BCUT2D eigenvalue weighted by atomic mass is 16.5. The van der Waals surface area contributed by atoms with Crippen molar-refractivity contribution >= 4 is 16.9 Å². The van der Waals surface area contributed by atoms with E-state index >= 15 is 0 Å². The van der Waals surface area contributed by atoms with Gasteiger partial charge < -0.3 is 18.3 Å². The standard InChI is InChI=1S/C24H29NO6/c1-2-23(26)30-12-9-7-5-3-4-6-8-11-29-22-15-21-19(16-25-22)14-20(24(27)31-21)18-10-13-28-17-18/h10,13-17H,2-9,11-12H2,1H3. The predicted molar refractivity (Wildman–Crippen MR) is 117 cm³/mol. The molecule has 3 aromatic rings. The summed E-state index contributed by atoms with van der Waals surface area (Å²) in [5, 5.41) is 0.729. The van der Waals surface area contributed by atoms with Crippen molar-refractivity contribution in [2.24, 2.45) is 0 Å². The number of ether oxygens (including phenoxy) is 2. The topological polar surface area (TPSA) is 91.8 Å². The summed E-state index contributed by atoms with van der Waals surface area (Å²) in [7, 11) is 0. The average Bonchev–Trinajstić information content (AvgIpc) is 3.31. The third-order valence-electron chi connectivity index (χ3n) is 5.01. The molecule has 0 bridgehead atoms. The summed E-state index contributed by atoms with van der Waals surface area (Å²) in [5.41, 5.74) is 1.15. The highest BCUT2D eigenvalue weighted by molar-refractivity contribution is 5.81. The second kappa shape index (κ2) is 11.9. The molecule has 3 heterocycles. The molecule has 166 valence electrons. The van der Waals surface area contributed by atoms with Gasteiger partial charge in [-0.2, -0.15) is 0 Å². The van der Waals surface area contributed by atoms with E-state index in [2.05, 4.69) is 4.98 Å². The minimum atomic E-state index is -0.422. The normalized spacial score (nSPS) is 11.0. The van der Waals surface area contributed by atoms with Gasteiger partial charge in [0.2, 0.25) is 5.88 Å². The second-order valence-corrected chi connectivity index (χ2v) is 7.42. The summed E-state index contributed by atoms with van der Waals surface area (Å²) in [6.45, 7) is 2.91. The quantitative estimate of drug-likeness (QED) is 0.262. The minimum absolute atomic E-state index is 0.123. The zero-order valence-electron chi connectivity index (χ0n) is 17.9. The summed E-state index contributed by atoms with van der Waals surface area (Å²) in [6.07, 6.45) is 12.6. The van der Waals surface area contributed by atoms with Crippen LogP contribution in [0.1, 0.15) is 58.3 Å². The Labute approximate surface area is 181 Å². The smallest absolute Gasteiger partial charge is 0.344 e. The van der Waals surface area contributed by atoms with E-state index in [1.54, 1.807) is 31.3 Å². The molecule has 0 saturated heterocycles. The molecule has 0 unspecified atom stereocenters. The van der Waals surface area contributed by atoms with E-state index in [-0.39, 0.29) is 5.97 Å². The van der Waals surface area contributed by atoms with E-state index in [1.165, 1.54) is 18.9 Å². The molecule has 0 aliphatic carbocycles. The van der Waals surface area contributed by atoms with Crippen LogP contribution in [-0.2, 0) is 9.53 Å². The van der Waals surface area contributed by atoms with Gasteiger partial charge in [0.15, 0.2) is 0 Å². The number of fused-ring (bicyclic) bond motifs is 1. The molecule has 3 rings (SSSR count). The molecule has 0 N–H and O–H groups in total. The van der Waals surface area contributed by atoms with Crippen LogP contribution in [0.15, 0.2) is 50.6 Å². The van der Waals surface area contributed by atoms with Crippen LogP contribution in [-0.4, -0.2) is 24.2 Å². The van der Waals surface area contributed by atoms with E-state index < -0.39 is 5.63 Å². The van der Waals surface area contributed by atoms with Crippen LogP contribution >= 0.6 is 0 Å². The highest BCUT2D eigenvalue weighted by Gasteiger charge is 2.10. The molecule has 0 aromatic carbocycles. The third-order valence-corrected chi connectivity index (χ3v) is 5.01. The Bertz CT molecular complexity index is 1010. The van der Waals surface area contributed by atoms with Crippen LogP contribution in [0.25, 0.3) is 22.1 Å². The lowest BCUT2D eigenvalue weighted by Gasteiger charge is -2.07. The van der Waals surface area contributed by atoms with Crippen LogP contribution in [0.5, 0.6) is 5.88 Å². The van der Waals surface area contributed by atoms with Crippen LogP contribution in [0.4, 0.5) is 0 Å². The fraction of sp³-hybridized carbons (Fsp3) is 0.458. The molecule has 0 saturated carbocycles. The molecule has 7 heteroatoms. The van der Waals surface area contributed by atoms with Crippen molar-refractivity contribution in [2.75, 3.05) is 13.2 Å². The Morgan fingerprint density at radius 2 is 1.77 bits per heavy atom. The largest absolute Gasteiger partial charge is 0.478 e. The molecule has 0 aliphatic rings. The Morgan fingerprint density at radius 1 is 1.03 bits per heavy atom. The first-order valence-electron chi connectivity index (χ1n) is 10.9. The lowest BCUT2D eigenvalue weighted by atomic mass is 10.1. The Kier molecular flexibility index (Phi) is 8.70. The molecule has 0 radical (unpaired) electrons. The predicted octanol–water partition coefficient (Wildman–Crippen LogP) is 5.51. The van der Waals surface area contributed by atoms with Crippen molar-refractivity contribution in [1.29, 1.82) is 0 Å². The first-order chi connectivity index (χ1) is 15.2. The minimum Gasteiger partial charge on any atom is -0.478 e. The van der Waals surface area contributed by atoms with Crippen molar-refractivity contribution in [3.63, 3.8) is 0 Å². The van der Waals surface area contributed by atoms with E-state index in [1.807, 2.05) is 0 Å². The first-order valence-corrected chi connectivity index (χ1v) is 10.9. The number of furan rings is 1. The molecular weight excluding hydrogens is 398 g/mol. The van der Waals surface area contributed by atoms with Crippen LogP contribution in [0.2, 0.25) is 0 Å².